The molecule has 0 unspecified atom stereocenters. The van der Waals surface area contributed by atoms with E-state index in [0.29, 0.717) is 4.88 Å². The van der Waals surface area contributed by atoms with Crippen LogP contribution in [0.4, 0.5) is 8.78 Å². The molecule has 0 aliphatic rings. The van der Waals surface area contributed by atoms with Crippen LogP contribution in [-0.4, -0.2) is 0 Å². The summed E-state index contributed by atoms with van der Waals surface area (Å²) in [6.07, 6.45) is -0.0225. The fraction of sp³-hybridized carbons (Fsp3) is 0.143. The van der Waals surface area contributed by atoms with E-state index in [4.69, 9.17) is 0 Å². The van der Waals surface area contributed by atoms with E-state index in [1.54, 1.807) is 12.1 Å². The molecule has 0 aliphatic carbocycles. The Morgan fingerprint density at radius 1 is 1.60 bits per heavy atom. The maximum atomic E-state index is 12.4. The lowest BCUT2D eigenvalue weighted by atomic mass is 10.4. The first-order chi connectivity index (χ1) is 4.74. The predicted octanol–water partition coefficient (Wildman–Crippen LogP) is 3.29. The van der Waals surface area contributed by atoms with Gasteiger partial charge in [0.25, 0.3) is 0 Å². The van der Waals surface area contributed by atoms with Crippen molar-refractivity contribution in [2.45, 2.75) is 6.92 Å². The lowest BCUT2D eigenvalue weighted by Crippen LogP contribution is -1.63. The number of thiophene rings is 1. The molecule has 0 nitrogen and oxygen atoms in total. The van der Waals surface area contributed by atoms with Crippen molar-refractivity contribution >= 4 is 17.2 Å². The summed E-state index contributed by atoms with van der Waals surface area (Å²) < 4.78 is 23.9. The first kappa shape index (κ1) is 7.41. The highest BCUT2D eigenvalue weighted by Crippen LogP contribution is 2.24. The molecule has 0 atom stereocenters. The van der Waals surface area contributed by atoms with E-state index in [0.717, 1.165) is 4.88 Å². The van der Waals surface area contributed by atoms with E-state index >= 15 is 0 Å². The van der Waals surface area contributed by atoms with Crippen LogP contribution in [0, 0.1) is 6.92 Å². The normalized spacial score (nSPS) is 12.1. The van der Waals surface area contributed by atoms with Gasteiger partial charge in [-0.1, -0.05) is 0 Å². The number of rotatable bonds is 1. The molecule has 0 saturated heterocycles. The summed E-state index contributed by atoms with van der Waals surface area (Å²) in [5, 5.41) is 0. The summed E-state index contributed by atoms with van der Waals surface area (Å²) in [5.74, 6) is -0.793. The van der Waals surface area contributed by atoms with Gasteiger partial charge in [-0.3, -0.25) is 0 Å². The predicted molar refractivity (Wildman–Crippen MR) is 39.2 cm³/mol. The molecule has 0 N–H and O–H groups in total. The molecule has 1 aromatic rings. The number of hydrogen-bond acceptors (Lipinski definition) is 1. The summed E-state index contributed by atoms with van der Waals surface area (Å²) in [7, 11) is 0. The molecular formula is C7H6F2S. The van der Waals surface area contributed by atoms with Gasteiger partial charge in [-0.05, 0) is 19.1 Å². The highest BCUT2D eigenvalue weighted by atomic mass is 32.1. The Labute approximate surface area is 61.8 Å². The molecule has 54 valence electrons. The number of halogens is 2. The van der Waals surface area contributed by atoms with Gasteiger partial charge < -0.3 is 0 Å². The van der Waals surface area contributed by atoms with Crippen molar-refractivity contribution in [2.24, 2.45) is 0 Å². The van der Waals surface area contributed by atoms with Gasteiger partial charge in [0.1, 0.15) is 6.33 Å². The fourth-order valence-corrected chi connectivity index (χ4v) is 1.38. The summed E-state index contributed by atoms with van der Waals surface area (Å²) in [5.41, 5.74) is 0. The third-order valence-electron chi connectivity index (χ3n) is 1.07. The highest BCUT2D eigenvalue weighted by Gasteiger charge is 2.01. The van der Waals surface area contributed by atoms with E-state index < -0.39 is 5.83 Å². The molecular weight excluding hydrogens is 154 g/mol. The largest absolute Gasteiger partial charge is 0.212 e. The third-order valence-corrected chi connectivity index (χ3v) is 2.08. The van der Waals surface area contributed by atoms with Crippen LogP contribution in [0.2, 0.25) is 0 Å². The summed E-state index contributed by atoms with van der Waals surface area (Å²) in [6.45, 7) is 1.85. The molecule has 0 aromatic carbocycles. The van der Waals surface area contributed by atoms with Crippen LogP contribution in [0.1, 0.15) is 9.75 Å². The SMILES string of the molecule is Cc1ccc(C(F)=CF)s1. The van der Waals surface area contributed by atoms with Crippen molar-refractivity contribution in [1.29, 1.82) is 0 Å². The van der Waals surface area contributed by atoms with Gasteiger partial charge in [-0.25, -0.2) is 8.78 Å². The van der Waals surface area contributed by atoms with Crippen LogP contribution in [0.5, 0.6) is 0 Å². The summed E-state index contributed by atoms with van der Waals surface area (Å²) in [4.78, 5) is 1.33. The Morgan fingerprint density at radius 2 is 2.30 bits per heavy atom. The minimum atomic E-state index is -0.793. The van der Waals surface area contributed by atoms with Crippen molar-refractivity contribution < 1.29 is 8.78 Å². The fourth-order valence-electron chi connectivity index (χ4n) is 0.617. The van der Waals surface area contributed by atoms with Crippen LogP contribution in [-0.2, 0) is 0 Å². The zero-order valence-electron chi connectivity index (χ0n) is 5.40. The second kappa shape index (κ2) is 2.92. The van der Waals surface area contributed by atoms with Crippen molar-refractivity contribution in [3.05, 3.63) is 28.2 Å². The van der Waals surface area contributed by atoms with Gasteiger partial charge in [-0.2, -0.15) is 0 Å². The molecule has 0 fully saturated rings. The molecule has 10 heavy (non-hydrogen) atoms. The molecule has 0 radical (unpaired) electrons. The maximum absolute atomic E-state index is 12.4. The Hall–Kier alpha value is -0.700. The Morgan fingerprint density at radius 3 is 2.70 bits per heavy atom. The first-order valence-corrected chi connectivity index (χ1v) is 3.58. The smallest absolute Gasteiger partial charge is 0.168 e. The number of aryl methyl sites for hydroxylation is 1. The Balaban J connectivity index is 2.95. The number of hydrogen-bond donors (Lipinski definition) is 0. The summed E-state index contributed by atoms with van der Waals surface area (Å²) >= 11 is 1.24. The molecule has 1 rings (SSSR count). The molecule has 0 amide bonds. The van der Waals surface area contributed by atoms with E-state index in [9.17, 15) is 8.78 Å². The van der Waals surface area contributed by atoms with Crippen molar-refractivity contribution in [2.75, 3.05) is 0 Å². The van der Waals surface area contributed by atoms with E-state index in [2.05, 4.69) is 0 Å². The topological polar surface area (TPSA) is 0 Å². The molecule has 0 spiro atoms. The van der Waals surface area contributed by atoms with Crippen LogP contribution < -0.4 is 0 Å². The second-order valence-electron chi connectivity index (χ2n) is 1.87. The molecule has 0 saturated carbocycles. The van der Waals surface area contributed by atoms with Crippen LogP contribution in [0.3, 0.4) is 0 Å². The van der Waals surface area contributed by atoms with E-state index in [1.165, 1.54) is 11.3 Å². The molecule has 0 aliphatic heterocycles. The van der Waals surface area contributed by atoms with Gasteiger partial charge >= 0.3 is 0 Å². The first-order valence-electron chi connectivity index (χ1n) is 2.76. The zero-order valence-corrected chi connectivity index (χ0v) is 6.21. The van der Waals surface area contributed by atoms with Gasteiger partial charge in [0.2, 0.25) is 0 Å². The lowest BCUT2D eigenvalue weighted by molar-refractivity contribution is 0.673. The maximum Gasteiger partial charge on any atom is 0.168 e. The van der Waals surface area contributed by atoms with Crippen molar-refractivity contribution in [3.8, 4) is 0 Å². The van der Waals surface area contributed by atoms with Crippen molar-refractivity contribution in [3.63, 3.8) is 0 Å². The minimum absolute atomic E-state index is 0.0225. The average molecular weight is 160 g/mol. The van der Waals surface area contributed by atoms with Crippen LogP contribution in [0.25, 0.3) is 5.83 Å². The zero-order chi connectivity index (χ0) is 7.56. The van der Waals surface area contributed by atoms with Crippen LogP contribution in [0.15, 0.2) is 18.5 Å². The van der Waals surface area contributed by atoms with Gasteiger partial charge in [-0.15, -0.1) is 11.3 Å². The Bertz CT molecular complexity index is 250. The summed E-state index contributed by atoms with van der Waals surface area (Å²) in [6, 6.07) is 3.31. The monoisotopic (exact) mass is 160 g/mol. The standard InChI is InChI=1S/C7H6F2S/c1-5-2-3-7(10-5)6(9)4-8/h2-4H,1H3. The van der Waals surface area contributed by atoms with E-state index in [1.807, 2.05) is 6.92 Å². The van der Waals surface area contributed by atoms with Gasteiger partial charge in [0.05, 0.1) is 4.88 Å². The quantitative estimate of drug-likeness (QED) is 0.591. The van der Waals surface area contributed by atoms with Gasteiger partial charge in [0.15, 0.2) is 5.83 Å². The second-order valence-corrected chi connectivity index (χ2v) is 3.16. The van der Waals surface area contributed by atoms with E-state index in [-0.39, 0.29) is 6.33 Å². The molecule has 3 heteroatoms. The van der Waals surface area contributed by atoms with Crippen LogP contribution >= 0.6 is 11.3 Å². The Kier molecular flexibility index (Phi) is 2.17. The molecule has 0 bridgehead atoms. The molecule has 1 heterocycles. The minimum Gasteiger partial charge on any atom is -0.212 e. The lowest BCUT2D eigenvalue weighted by Gasteiger charge is -1.84. The average Bonchev–Trinajstić information content (AvgIpc) is 2.34. The van der Waals surface area contributed by atoms with Gasteiger partial charge in [0, 0.05) is 4.88 Å². The van der Waals surface area contributed by atoms with Crippen molar-refractivity contribution in [1.82, 2.24) is 0 Å². The third kappa shape index (κ3) is 1.42. The molecule has 1 aromatic heterocycles. The highest BCUT2D eigenvalue weighted by molar-refractivity contribution is 7.12.